The van der Waals surface area contributed by atoms with Crippen LogP contribution in [-0.4, -0.2) is 34.8 Å². The van der Waals surface area contributed by atoms with E-state index in [4.69, 9.17) is 4.42 Å². The highest BCUT2D eigenvalue weighted by atomic mass is 16.3. The molecule has 1 fully saturated rings. The summed E-state index contributed by atoms with van der Waals surface area (Å²) in [5.74, 6) is 0.698. The van der Waals surface area contributed by atoms with Gasteiger partial charge in [0.15, 0.2) is 5.58 Å². The maximum absolute atomic E-state index is 13.3. The quantitative estimate of drug-likeness (QED) is 0.341. The number of carbonyl (C=O) groups is 2. The molecule has 2 amide bonds. The third kappa shape index (κ3) is 5.15. The topological polar surface area (TPSA) is 75.4 Å². The first-order valence-corrected chi connectivity index (χ1v) is 12.9. The summed E-state index contributed by atoms with van der Waals surface area (Å²) in [5, 5.41) is 3.16. The minimum Gasteiger partial charge on any atom is -0.436 e. The number of carbonyl (C=O) groups excluding carboxylic acids is 2. The zero-order valence-corrected chi connectivity index (χ0v) is 21.9. The van der Waals surface area contributed by atoms with Gasteiger partial charge in [-0.25, -0.2) is 4.98 Å². The van der Waals surface area contributed by atoms with Gasteiger partial charge in [-0.15, -0.1) is 0 Å². The Balaban J connectivity index is 1.21. The van der Waals surface area contributed by atoms with Crippen molar-refractivity contribution in [3.63, 3.8) is 0 Å². The van der Waals surface area contributed by atoms with Crippen LogP contribution < -0.4 is 5.32 Å². The summed E-state index contributed by atoms with van der Waals surface area (Å²) < 4.78 is 5.89. The Bertz CT molecular complexity index is 1430. The van der Waals surface area contributed by atoms with Crippen LogP contribution in [-0.2, 0) is 4.79 Å². The number of benzene rings is 3. The molecule has 1 unspecified atom stereocenters. The van der Waals surface area contributed by atoms with Crippen LogP contribution in [0, 0.1) is 32.6 Å². The van der Waals surface area contributed by atoms with Crippen LogP contribution in [0.3, 0.4) is 0 Å². The van der Waals surface area contributed by atoms with E-state index in [-0.39, 0.29) is 23.7 Å². The van der Waals surface area contributed by atoms with Gasteiger partial charge in [0.1, 0.15) is 5.52 Å². The maximum Gasteiger partial charge on any atom is 0.253 e. The molecule has 0 spiro atoms. The van der Waals surface area contributed by atoms with Crippen molar-refractivity contribution in [2.45, 2.75) is 40.5 Å². The number of amides is 2. The Morgan fingerprint density at radius 2 is 1.65 bits per heavy atom. The molecule has 2 heterocycles. The molecule has 0 radical (unpaired) electrons. The summed E-state index contributed by atoms with van der Waals surface area (Å²) in [6.45, 7) is 9.40. The van der Waals surface area contributed by atoms with Gasteiger partial charge in [0.25, 0.3) is 5.91 Å². The minimum absolute atomic E-state index is 0.00683. The SMILES string of the molecule is Cc1cc(C)c(NC(=O)C(C)C2CCN(C(=O)c3ccc4oc(-c5ccccc5)nc4c3)CC2)c(C)c1. The van der Waals surface area contributed by atoms with E-state index >= 15 is 0 Å². The fourth-order valence-electron chi connectivity index (χ4n) is 5.38. The number of aryl methyl sites for hydroxylation is 3. The standard InChI is InChI=1S/C31H33N3O3/c1-19-16-20(2)28(21(3)17-19)33-29(35)22(4)23-12-14-34(15-13-23)31(36)25-10-11-27-26(18-25)32-30(37-27)24-8-6-5-7-9-24/h5-11,16-18,22-23H,12-15H2,1-4H3,(H,33,35). The number of hydrogen-bond acceptors (Lipinski definition) is 4. The van der Waals surface area contributed by atoms with Crippen LogP contribution in [0.5, 0.6) is 0 Å². The van der Waals surface area contributed by atoms with Crippen molar-refractivity contribution < 1.29 is 14.0 Å². The molecule has 0 bridgehead atoms. The molecule has 1 saturated heterocycles. The highest BCUT2D eigenvalue weighted by Crippen LogP contribution is 2.30. The highest BCUT2D eigenvalue weighted by Gasteiger charge is 2.30. The number of nitrogens with zero attached hydrogens (tertiary/aromatic N) is 2. The molecule has 1 aliphatic heterocycles. The molecule has 0 aliphatic carbocycles. The summed E-state index contributed by atoms with van der Waals surface area (Å²) in [5.41, 5.74) is 7.11. The predicted molar refractivity (Wildman–Crippen MR) is 147 cm³/mol. The van der Waals surface area contributed by atoms with Gasteiger partial charge in [-0.1, -0.05) is 42.8 Å². The van der Waals surface area contributed by atoms with Gasteiger partial charge in [-0.2, -0.15) is 0 Å². The largest absolute Gasteiger partial charge is 0.436 e. The zero-order valence-electron chi connectivity index (χ0n) is 21.9. The van der Waals surface area contributed by atoms with Crippen molar-refractivity contribution in [1.29, 1.82) is 0 Å². The van der Waals surface area contributed by atoms with E-state index in [0.29, 0.717) is 35.6 Å². The minimum atomic E-state index is -0.125. The number of oxazole rings is 1. The number of aromatic nitrogens is 1. The summed E-state index contributed by atoms with van der Waals surface area (Å²) in [7, 11) is 0. The Morgan fingerprint density at radius 1 is 0.973 bits per heavy atom. The van der Waals surface area contributed by atoms with Crippen molar-refractivity contribution in [2.75, 3.05) is 18.4 Å². The van der Waals surface area contributed by atoms with E-state index in [1.165, 1.54) is 5.56 Å². The zero-order chi connectivity index (χ0) is 26.1. The van der Waals surface area contributed by atoms with Crippen LogP contribution in [0.2, 0.25) is 0 Å². The van der Waals surface area contributed by atoms with Gasteiger partial charge in [0.2, 0.25) is 11.8 Å². The monoisotopic (exact) mass is 495 g/mol. The third-order valence-corrected chi connectivity index (χ3v) is 7.53. The van der Waals surface area contributed by atoms with Gasteiger partial charge >= 0.3 is 0 Å². The molecule has 37 heavy (non-hydrogen) atoms. The van der Waals surface area contributed by atoms with E-state index in [1.54, 1.807) is 6.07 Å². The molecule has 1 aromatic heterocycles. The van der Waals surface area contributed by atoms with Crippen molar-refractivity contribution in [3.8, 4) is 11.5 Å². The lowest BCUT2D eigenvalue weighted by Gasteiger charge is -2.34. The smallest absolute Gasteiger partial charge is 0.253 e. The van der Waals surface area contributed by atoms with Crippen LogP contribution in [0.15, 0.2) is 65.1 Å². The number of likely N-dealkylation sites (tertiary alicyclic amines) is 1. The maximum atomic E-state index is 13.3. The highest BCUT2D eigenvalue weighted by molar-refractivity contribution is 5.97. The van der Waals surface area contributed by atoms with Crippen molar-refractivity contribution in [1.82, 2.24) is 9.88 Å². The Hall–Kier alpha value is -3.93. The van der Waals surface area contributed by atoms with Gasteiger partial charge in [-0.3, -0.25) is 9.59 Å². The molecule has 1 atom stereocenters. The Morgan fingerprint density at radius 3 is 2.32 bits per heavy atom. The molecule has 4 aromatic rings. The van der Waals surface area contributed by atoms with E-state index in [2.05, 4.69) is 29.4 Å². The number of hydrogen-bond donors (Lipinski definition) is 1. The first-order chi connectivity index (χ1) is 17.8. The molecule has 6 heteroatoms. The predicted octanol–water partition coefficient (Wildman–Crippen LogP) is 6.55. The van der Waals surface area contributed by atoms with Gasteiger partial charge in [0.05, 0.1) is 0 Å². The van der Waals surface area contributed by atoms with Crippen LogP contribution in [0.1, 0.15) is 46.8 Å². The molecule has 1 N–H and O–H groups in total. The normalized spacial score (nSPS) is 15.1. The fraction of sp³-hybridized carbons (Fsp3) is 0.323. The molecular formula is C31H33N3O3. The number of fused-ring (bicyclic) bond motifs is 1. The van der Waals surface area contributed by atoms with Gasteiger partial charge in [-0.05, 0) is 81.0 Å². The number of nitrogens with one attached hydrogen (secondary N) is 1. The number of piperidine rings is 1. The Labute approximate surface area is 217 Å². The summed E-state index contributed by atoms with van der Waals surface area (Å²) in [6, 6.07) is 19.3. The van der Waals surface area contributed by atoms with Gasteiger partial charge in [0, 0.05) is 35.8 Å². The Kier molecular flexibility index (Phi) is 6.83. The molecule has 6 nitrogen and oxygen atoms in total. The second kappa shape index (κ2) is 10.2. The summed E-state index contributed by atoms with van der Waals surface area (Å²) >= 11 is 0. The molecule has 3 aromatic carbocycles. The average Bonchev–Trinajstić information content (AvgIpc) is 3.34. The molecular weight excluding hydrogens is 462 g/mol. The molecule has 1 aliphatic rings. The number of anilines is 1. The lowest BCUT2D eigenvalue weighted by molar-refractivity contribution is -0.121. The second-order valence-corrected chi connectivity index (χ2v) is 10.2. The van der Waals surface area contributed by atoms with Crippen LogP contribution in [0.25, 0.3) is 22.6 Å². The second-order valence-electron chi connectivity index (χ2n) is 10.2. The fourth-order valence-corrected chi connectivity index (χ4v) is 5.38. The van der Waals surface area contributed by atoms with Crippen LogP contribution in [0.4, 0.5) is 5.69 Å². The lowest BCUT2D eigenvalue weighted by Crippen LogP contribution is -2.41. The lowest BCUT2D eigenvalue weighted by atomic mass is 9.84. The summed E-state index contributed by atoms with van der Waals surface area (Å²) in [6.07, 6.45) is 1.60. The first kappa shape index (κ1) is 24.8. The van der Waals surface area contributed by atoms with Crippen molar-refractivity contribution >= 4 is 28.6 Å². The van der Waals surface area contributed by atoms with E-state index in [9.17, 15) is 9.59 Å². The van der Waals surface area contributed by atoms with E-state index in [1.807, 2.05) is 68.1 Å². The van der Waals surface area contributed by atoms with E-state index in [0.717, 1.165) is 35.2 Å². The summed E-state index contributed by atoms with van der Waals surface area (Å²) in [4.78, 5) is 32.8. The number of rotatable bonds is 5. The third-order valence-electron chi connectivity index (χ3n) is 7.53. The van der Waals surface area contributed by atoms with E-state index < -0.39 is 0 Å². The first-order valence-electron chi connectivity index (χ1n) is 12.9. The average molecular weight is 496 g/mol. The molecule has 5 rings (SSSR count). The van der Waals surface area contributed by atoms with Crippen molar-refractivity contribution in [3.05, 3.63) is 82.9 Å². The van der Waals surface area contributed by atoms with Gasteiger partial charge < -0.3 is 14.6 Å². The van der Waals surface area contributed by atoms with Crippen LogP contribution >= 0.6 is 0 Å². The van der Waals surface area contributed by atoms with Crippen molar-refractivity contribution in [2.24, 2.45) is 11.8 Å². The molecule has 190 valence electrons. The molecule has 0 saturated carbocycles.